The highest BCUT2D eigenvalue weighted by Gasteiger charge is 2.25. The highest BCUT2D eigenvalue weighted by atomic mass is 35.5. The fourth-order valence-electron chi connectivity index (χ4n) is 3.29. The van der Waals surface area contributed by atoms with E-state index < -0.39 is 0 Å². The van der Waals surface area contributed by atoms with Crippen LogP contribution >= 0.6 is 11.6 Å². The van der Waals surface area contributed by atoms with Crippen molar-refractivity contribution in [2.45, 2.75) is 64.8 Å². The quantitative estimate of drug-likeness (QED) is 0.803. The van der Waals surface area contributed by atoms with E-state index in [9.17, 15) is 0 Å². The van der Waals surface area contributed by atoms with Gasteiger partial charge in [0, 0.05) is 17.9 Å². The normalized spacial score (nSPS) is 23.8. The van der Waals surface area contributed by atoms with Crippen molar-refractivity contribution in [3.63, 3.8) is 0 Å². The maximum absolute atomic E-state index is 6.30. The Bertz CT molecular complexity index is 439. The predicted octanol–water partition coefficient (Wildman–Crippen LogP) is 4.86. The lowest BCUT2D eigenvalue weighted by atomic mass is 9.83. The van der Waals surface area contributed by atoms with E-state index in [1.807, 2.05) is 6.20 Å². The van der Waals surface area contributed by atoms with Gasteiger partial charge in [0.2, 0.25) is 0 Å². The van der Waals surface area contributed by atoms with Crippen molar-refractivity contribution in [3.05, 3.63) is 29.0 Å². The van der Waals surface area contributed by atoms with Gasteiger partial charge in [-0.05, 0) is 70.0 Å². The summed E-state index contributed by atoms with van der Waals surface area (Å²) in [6, 6.07) is 2.08. The van der Waals surface area contributed by atoms with E-state index in [-0.39, 0.29) is 5.54 Å². The van der Waals surface area contributed by atoms with Gasteiger partial charge in [0.1, 0.15) is 0 Å². The molecule has 3 heteroatoms. The fraction of sp³-hybridized carbons (Fsp3) is 0.722. The second-order valence-corrected chi connectivity index (χ2v) is 7.87. The average molecular weight is 309 g/mol. The highest BCUT2D eigenvalue weighted by molar-refractivity contribution is 6.31. The summed E-state index contributed by atoms with van der Waals surface area (Å²) in [6.45, 7) is 7.87. The minimum Gasteiger partial charge on any atom is -0.312 e. The molecule has 0 saturated heterocycles. The number of hydrogen-bond acceptors (Lipinski definition) is 2. The van der Waals surface area contributed by atoms with Crippen molar-refractivity contribution in [2.24, 2.45) is 11.8 Å². The number of nitrogens with one attached hydrogen (secondary N) is 1. The molecule has 1 N–H and O–H groups in total. The van der Waals surface area contributed by atoms with Crippen LogP contribution in [0.1, 0.15) is 58.4 Å². The zero-order valence-electron chi connectivity index (χ0n) is 13.7. The van der Waals surface area contributed by atoms with E-state index in [0.717, 1.165) is 29.8 Å². The summed E-state index contributed by atoms with van der Waals surface area (Å²) >= 11 is 6.30. The summed E-state index contributed by atoms with van der Waals surface area (Å²) in [5, 5.41) is 4.53. The second kappa shape index (κ2) is 7.60. The summed E-state index contributed by atoms with van der Waals surface area (Å²) < 4.78 is 0. The molecule has 0 aliphatic heterocycles. The van der Waals surface area contributed by atoms with E-state index in [1.54, 1.807) is 6.20 Å². The summed E-state index contributed by atoms with van der Waals surface area (Å²) in [7, 11) is 0. The number of nitrogens with zero attached hydrogens (tertiary/aromatic N) is 1. The van der Waals surface area contributed by atoms with Gasteiger partial charge in [-0.25, -0.2) is 0 Å². The van der Waals surface area contributed by atoms with Crippen molar-refractivity contribution in [1.29, 1.82) is 0 Å². The van der Waals surface area contributed by atoms with Crippen molar-refractivity contribution < 1.29 is 0 Å². The maximum Gasteiger partial charge on any atom is 0.0621 e. The lowest BCUT2D eigenvalue weighted by molar-refractivity contribution is 0.270. The van der Waals surface area contributed by atoms with Crippen molar-refractivity contribution in [3.8, 4) is 0 Å². The van der Waals surface area contributed by atoms with Gasteiger partial charge in [-0.15, -0.1) is 0 Å². The molecule has 1 saturated carbocycles. The van der Waals surface area contributed by atoms with Crippen LogP contribution < -0.4 is 5.32 Å². The van der Waals surface area contributed by atoms with Gasteiger partial charge in [-0.1, -0.05) is 30.9 Å². The molecule has 118 valence electrons. The van der Waals surface area contributed by atoms with E-state index >= 15 is 0 Å². The first-order valence-electron chi connectivity index (χ1n) is 8.29. The van der Waals surface area contributed by atoms with Crippen LogP contribution in [-0.2, 0) is 6.42 Å². The fourth-order valence-corrected chi connectivity index (χ4v) is 3.48. The summed E-state index contributed by atoms with van der Waals surface area (Å²) in [4.78, 5) is 4.10. The van der Waals surface area contributed by atoms with Crippen LogP contribution in [0.25, 0.3) is 0 Å². The first-order chi connectivity index (χ1) is 9.96. The van der Waals surface area contributed by atoms with Crippen LogP contribution in [0.2, 0.25) is 5.02 Å². The topological polar surface area (TPSA) is 24.9 Å². The highest BCUT2D eigenvalue weighted by Crippen LogP contribution is 2.32. The third-order valence-electron chi connectivity index (χ3n) is 4.55. The van der Waals surface area contributed by atoms with Crippen LogP contribution in [0.3, 0.4) is 0 Å². The molecule has 0 amide bonds. The Morgan fingerprint density at radius 2 is 1.90 bits per heavy atom. The Balaban J connectivity index is 2.03. The Hall–Kier alpha value is -0.600. The van der Waals surface area contributed by atoms with Gasteiger partial charge in [0.25, 0.3) is 0 Å². The molecule has 0 spiro atoms. The molecule has 1 aromatic heterocycles. The van der Waals surface area contributed by atoms with E-state index in [2.05, 4.69) is 37.1 Å². The molecule has 21 heavy (non-hydrogen) atoms. The molecule has 0 aromatic carbocycles. The Morgan fingerprint density at radius 1 is 1.19 bits per heavy atom. The first-order valence-corrected chi connectivity index (χ1v) is 8.67. The molecule has 0 bridgehead atoms. The Morgan fingerprint density at radius 3 is 2.57 bits per heavy atom. The molecule has 2 rings (SSSR count). The average Bonchev–Trinajstić information content (AvgIpc) is 2.63. The van der Waals surface area contributed by atoms with Crippen molar-refractivity contribution >= 4 is 11.6 Å². The van der Waals surface area contributed by atoms with Gasteiger partial charge in [0.15, 0.2) is 0 Å². The third-order valence-corrected chi connectivity index (χ3v) is 4.89. The molecule has 1 aliphatic rings. The van der Waals surface area contributed by atoms with Crippen LogP contribution in [0.4, 0.5) is 0 Å². The minimum absolute atomic E-state index is 0.200. The van der Waals surface area contributed by atoms with Gasteiger partial charge < -0.3 is 5.32 Å². The predicted molar refractivity (Wildman–Crippen MR) is 90.8 cm³/mol. The van der Waals surface area contributed by atoms with Gasteiger partial charge in [0.05, 0.1) is 5.02 Å². The smallest absolute Gasteiger partial charge is 0.0621 e. The Kier molecular flexibility index (Phi) is 6.07. The van der Waals surface area contributed by atoms with Crippen LogP contribution in [-0.4, -0.2) is 17.1 Å². The number of aromatic nitrogens is 1. The molecule has 1 aliphatic carbocycles. The third kappa shape index (κ3) is 5.60. The van der Waals surface area contributed by atoms with E-state index in [0.29, 0.717) is 0 Å². The number of hydrogen-bond donors (Lipinski definition) is 1. The second-order valence-electron chi connectivity index (χ2n) is 7.46. The summed E-state index contributed by atoms with van der Waals surface area (Å²) in [5.41, 5.74) is 1.46. The molecule has 2 unspecified atom stereocenters. The molecule has 1 fully saturated rings. The van der Waals surface area contributed by atoms with Gasteiger partial charge >= 0.3 is 0 Å². The zero-order chi connectivity index (χ0) is 15.3. The molecular formula is C18H29ClN2. The molecule has 0 radical (unpaired) electrons. The van der Waals surface area contributed by atoms with Gasteiger partial charge in [-0.3, -0.25) is 4.98 Å². The van der Waals surface area contributed by atoms with Crippen molar-refractivity contribution in [1.82, 2.24) is 10.3 Å². The zero-order valence-corrected chi connectivity index (χ0v) is 14.4. The monoisotopic (exact) mass is 308 g/mol. The molecular weight excluding hydrogens is 280 g/mol. The van der Waals surface area contributed by atoms with Crippen molar-refractivity contribution in [2.75, 3.05) is 6.54 Å². The van der Waals surface area contributed by atoms with E-state index in [1.165, 1.54) is 37.7 Å². The lowest BCUT2D eigenvalue weighted by Gasteiger charge is -2.30. The summed E-state index contributed by atoms with van der Waals surface area (Å²) in [6.07, 6.45) is 11.5. The minimum atomic E-state index is 0.200. The lowest BCUT2D eigenvalue weighted by Crippen LogP contribution is -2.41. The molecule has 2 atom stereocenters. The standard InChI is InChI=1S/C18H29ClN2/c1-18(2,3)21-12-16-8-6-4-5-7-14(16)11-15-9-10-20-13-17(15)19/h9-10,13-14,16,21H,4-8,11-12H2,1-3H3. The van der Waals surface area contributed by atoms with E-state index in [4.69, 9.17) is 11.6 Å². The van der Waals surface area contributed by atoms with Crippen LogP contribution in [0.15, 0.2) is 18.5 Å². The Labute approximate surface area is 134 Å². The first kappa shape index (κ1) is 16.8. The number of rotatable bonds is 4. The van der Waals surface area contributed by atoms with Crippen LogP contribution in [0.5, 0.6) is 0 Å². The molecule has 1 heterocycles. The number of pyridine rings is 1. The largest absolute Gasteiger partial charge is 0.312 e. The molecule has 1 aromatic rings. The molecule has 2 nitrogen and oxygen atoms in total. The van der Waals surface area contributed by atoms with Crippen LogP contribution in [0, 0.1) is 11.8 Å². The maximum atomic E-state index is 6.30. The number of halogens is 1. The SMILES string of the molecule is CC(C)(C)NCC1CCCCCC1Cc1ccncc1Cl. The summed E-state index contributed by atoms with van der Waals surface area (Å²) in [5.74, 6) is 1.50. The van der Waals surface area contributed by atoms with Gasteiger partial charge in [-0.2, -0.15) is 0 Å².